The van der Waals surface area contributed by atoms with Gasteiger partial charge in [-0.3, -0.25) is 0 Å². The Morgan fingerprint density at radius 1 is 1.54 bits per heavy atom. The second-order valence-electron chi connectivity index (χ2n) is 2.95. The number of aryl methyl sites for hydroxylation is 1. The Morgan fingerprint density at radius 2 is 2.15 bits per heavy atom. The van der Waals surface area contributed by atoms with E-state index in [1.54, 1.807) is 6.92 Å². The lowest BCUT2D eigenvalue weighted by Gasteiger charge is -2.12. The lowest BCUT2D eigenvalue weighted by atomic mass is 10.0. The van der Waals surface area contributed by atoms with Crippen molar-refractivity contribution in [3.8, 4) is 5.75 Å². The van der Waals surface area contributed by atoms with Crippen LogP contribution in [-0.4, -0.2) is 16.8 Å². The van der Waals surface area contributed by atoms with Crippen LogP contribution in [-0.2, 0) is 0 Å². The maximum absolute atomic E-state index is 12.8. The van der Waals surface area contributed by atoms with Crippen LogP contribution in [0.3, 0.4) is 0 Å². The minimum atomic E-state index is -0.675. The van der Waals surface area contributed by atoms with Gasteiger partial charge in [0, 0.05) is 0 Å². The molecule has 1 aromatic carbocycles. The molecule has 0 aliphatic heterocycles. The SMILES string of the molecule is Cc1cc(F)c(O)cc1C(N)CO. The Bertz CT molecular complexity index is 315. The molecule has 13 heavy (non-hydrogen) atoms. The number of aliphatic hydroxyl groups excluding tert-OH is 1. The molecular formula is C9H12FNO2. The number of halogens is 1. The van der Waals surface area contributed by atoms with E-state index in [4.69, 9.17) is 15.9 Å². The van der Waals surface area contributed by atoms with Crippen molar-refractivity contribution < 1.29 is 14.6 Å². The van der Waals surface area contributed by atoms with Gasteiger partial charge in [-0.25, -0.2) is 4.39 Å². The third-order valence-corrected chi connectivity index (χ3v) is 1.93. The summed E-state index contributed by atoms with van der Waals surface area (Å²) in [5.74, 6) is -1.11. The van der Waals surface area contributed by atoms with E-state index < -0.39 is 17.6 Å². The second kappa shape index (κ2) is 3.72. The van der Waals surface area contributed by atoms with Crippen molar-refractivity contribution in [1.29, 1.82) is 0 Å². The largest absolute Gasteiger partial charge is 0.505 e. The first-order chi connectivity index (χ1) is 6.06. The van der Waals surface area contributed by atoms with Crippen LogP contribution >= 0.6 is 0 Å². The van der Waals surface area contributed by atoms with Crippen LogP contribution < -0.4 is 5.73 Å². The van der Waals surface area contributed by atoms with Gasteiger partial charge < -0.3 is 15.9 Å². The van der Waals surface area contributed by atoms with Crippen LogP contribution in [0.2, 0.25) is 0 Å². The van der Waals surface area contributed by atoms with Crippen LogP contribution in [0, 0.1) is 12.7 Å². The Kier molecular flexibility index (Phi) is 2.85. The molecule has 1 atom stereocenters. The zero-order chi connectivity index (χ0) is 10.0. The van der Waals surface area contributed by atoms with Gasteiger partial charge >= 0.3 is 0 Å². The standard InChI is InChI=1S/C9H12FNO2/c1-5-2-7(10)9(13)3-6(5)8(11)4-12/h2-3,8,12-13H,4,11H2,1H3. The van der Waals surface area contributed by atoms with Crippen LogP contribution in [0.5, 0.6) is 5.75 Å². The third-order valence-electron chi connectivity index (χ3n) is 1.93. The molecule has 0 aliphatic rings. The van der Waals surface area contributed by atoms with Crippen molar-refractivity contribution in [3.05, 3.63) is 29.1 Å². The van der Waals surface area contributed by atoms with E-state index in [0.29, 0.717) is 11.1 Å². The van der Waals surface area contributed by atoms with Gasteiger partial charge in [0.1, 0.15) is 0 Å². The summed E-state index contributed by atoms with van der Waals surface area (Å²) in [6.07, 6.45) is 0. The van der Waals surface area contributed by atoms with Gasteiger partial charge in [0.15, 0.2) is 11.6 Å². The number of nitrogens with two attached hydrogens (primary N) is 1. The first-order valence-electron chi connectivity index (χ1n) is 3.91. The van der Waals surface area contributed by atoms with Crippen LogP contribution in [0.15, 0.2) is 12.1 Å². The molecule has 0 saturated carbocycles. The maximum atomic E-state index is 12.8. The van der Waals surface area contributed by atoms with Gasteiger partial charge in [0.25, 0.3) is 0 Å². The molecule has 0 aromatic heterocycles. The van der Waals surface area contributed by atoms with Gasteiger partial charge in [-0.05, 0) is 30.2 Å². The summed E-state index contributed by atoms with van der Waals surface area (Å²) in [5.41, 5.74) is 6.71. The molecule has 4 N–H and O–H groups in total. The summed E-state index contributed by atoms with van der Waals surface area (Å²) in [5, 5.41) is 17.8. The summed E-state index contributed by atoms with van der Waals surface area (Å²) in [4.78, 5) is 0. The molecule has 1 aromatic rings. The summed E-state index contributed by atoms with van der Waals surface area (Å²) in [7, 11) is 0. The van der Waals surface area contributed by atoms with E-state index in [1.807, 2.05) is 0 Å². The van der Waals surface area contributed by atoms with Crippen molar-refractivity contribution >= 4 is 0 Å². The lowest BCUT2D eigenvalue weighted by molar-refractivity contribution is 0.267. The highest BCUT2D eigenvalue weighted by Crippen LogP contribution is 2.24. The van der Waals surface area contributed by atoms with Crippen LogP contribution in [0.25, 0.3) is 0 Å². The fraction of sp³-hybridized carbons (Fsp3) is 0.333. The molecule has 0 aliphatic carbocycles. The Labute approximate surface area is 75.6 Å². The fourth-order valence-corrected chi connectivity index (χ4v) is 1.18. The third kappa shape index (κ3) is 1.96. The van der Waals surface area contributed by atoms with E-state index >= 15 is 0 Å². The lowest BCUT2D eigenvalue weighted by Crippen LogP contribution is -2.15. The second-order valence-corrected chi connectivity index (χ2v) is 2.95. The molecule has 4 heteroatoms. The van der Waals surface area contributed by atoms with Crippen molar-refractivity contribution in [2.24, 2.45) is 5.73 Å². The van der Waals surface area contributed by atoms with E-state index in [9.17, 15) is 4.39 Å². The quantitative estimate of drug-likeness (QED) is 0.639. The molecule has 1 unspecified atom stereocenters. The van der Waals surface area contributed by atoms with E-state index in [2.05, 4.69) is 0 Å². The Hall–Kier alpha value is -1.13. The molecule has 0 saturated heterocycles. The number of phenols is 1. The molecule has 1 rings (SSSR count). The Balaban J connectivity index is 3.15. The molecule has 0 bridgehead atoms. The molecule has 0 heterocycles. The highest BCUT2D eigenvalue weighted by atomic mass is 19.1. The normalized spacial score (nSPS) is 12.9. The van der Waals surface area contributed by atoms with E-state index in [0.717, 1.165) is 0 Å². The number of phenolic OH excluding ortho intramolecular Hbond substituents is 1. The topological polar surface area (TPSA) is 66.5 Å². The van der Waals surface area contributed by atoms with Crippen molar-refractivity contribution in [2.45, 2.75) is 13.0 Å². The minimum Gasteiger partial charge on any atom is -0.505 e. The molecule has 0 fully saturated rings. The zero-order valence-corrected chi connectivity index (χ0v) is 7.29. The first kappa shape index (κ1) is 9.95. The highest BCUT2D eigenvalue weighted by Gasteiger charge is 2.11. The summed E-state index contributed by atoms with van der Waals surface area (Å²) in [6, 6.07) is 1.86. The summed E-state index contributed by atoms with van der Waals surface area (Å²) >= 11 is 0. The van der Waals surface area contributed by atoms with Gasteiger partial charge in [-0.15, -0.1) is 0 Å². The summed E-state index contributed by atoms with van der Waals surface area (Å²) < 4.78 is 12.8. The Morgan fingerprint density at radius 3 is 2.69 bits per heavy atom. The highest BCUT2D eigenvalue weighted by molar-refractivity contribution is 5.37. The van der Waals surface area contributed by atoms with Gasteiger partial charge in [0.05, 0.1) is 12.6 Å². The van der Waals surface area contributed by atoms with Gasteiger partial charge in [-0.1, -0.05) is 0 Å². The number of benzene rings is 1. The van der Waals surface area contributed by atoms with Crippen molar-refractivity contribution in [1.82, 2.24) is 0 Å². The molecule has 3 nitrogen and oxygen atoms in total. The molecule has 0 spiro atoms. The van der Waals surface area contributed by atoms with E-state index in [1.165, 1.54) is 12.1 Å². The minimum absolute atomic E-state index is 0.230. The number of hydrogen-bond donors (Lipinski definition) is 3. The average molecular weight is 185 g/mol. The van der Waals surface area contributed by atoms with Gasteiger partial charge in [0.2, 0.25) is 0 Å². The predicted molar refractivity (Wildman–Crippen MR) is 46.8 cm³/mol. The summed E-state index contributed by atoms with van der Waals surface area (Å²) in [6.45, 7) is 1.44. The van der Waals surface area contributed by atoms with Crippen LogP contribution in [0.4, 0.5) is 4.39 Å². The average Bonchev–Trinajstić information content (AvgIpc) is 2.10. The molecule has 0 amide bonds. The number of aromatic hydroxyl groups is 1. The molecule has 0 radical (unpaired) electrons. The first-order valence-corrected chi connectivity index (χ1v) is 3.91. The smallest absolute Gasteiger partial charge is 0.165 e. The number of aliphatic hydroxyl groups is 1. The van der Waals surface area contributed by atoms with Crippen LogP contribution in [0.1, 0.15) is 17.2 Å². The van der Waals surface area contributed by atoms with Crippen molar-refractivity contribution in [2.75, 3.05) is 6.61 Å². The monoisotopic (exact) mass is 185 g/mol. The number of hydrogen-bond acceptors (Lipinski definition) is 3. The fourth-order valence-electron chi connectivity index (χ4n) is 1.18. The molecule has 72 valence electrons. The predicted octanol–water partition coefficient (Wildman–Crippen LogP) is 0.832. The van der Waals surface area contributed by atoms with Gasteiger partial charge in [-0.2, -0.15) is 0 Å². The van der Waals surface area contributed by atoms with E-state index in [-0.39, 0.29) is 6.61 Å². The maximum Gasteiger partial charge on any atom is 0.165 e. The number of rotatable bonds is 2. The van der Waals surface area contributed by atoms with Crippen molar-refractivity contribution in [3.63, 3.8) is 0 Å². The zero-order valence-electron chi connectivity index (χ0n) is 7.29. The molecular weight excluding hydrogens is 173 g/mol.